The normalized spacial score (nSPS) is 11.3. The minimum Gasteiger partial charge on any atom is -0.334 e. The Bertz CT molecular complexity index is 780. The number of benzene rings is 2. The first kappa shape index (κ1) is 16.9. The fraction of sp³-hybridized carbons (Fsp3) is 0.133. The summed E-state index contributed by atoms with van der Waals surface area (Å²) in [7, 11) is -4.70. The van der Waals surface area contributed by atoms with Gasteiger partial charge in [-0.3, -0.25) is 0 Å². The zero-order chi connectivity index (χ0) is 16.9. The van der Waals surface area contributed by atoms with Gasteiger partial charge in [0.05, 0.1) is 4.90 Å². The summed E-state index contributed by atoms with van der Waals surface area (Å²) < 4.78 is 47.8. The maximum atomic E-state index is 12.5. The molecule has 2 amide bonds. The Hall–Kier alpha value is -2.48. The molecule has 0 saturated heterocycles. The molecule has 0 aliphatic carbocycles. The topological polar surface area (TPSA) is 75.3 Å². The van der Waals surface area contributed by atoms with E-state index in [0.717, 1.165) is 17.7 Å². The Morgan fingerprint density at radius 3 is 2.39 bits per heavy atom. The van der Waals surface area contributed by atoms with Crippen LogP contribution >= 0.6 is 0 Å². The number of amides is 2. The van der Waals surface area contributed by atoms with Crippen molar-refractivity contribution in [1.82, 2.24) is 5.32 Å². The first-order valence-corrected chi connectivity index (χ1v) is 8.15. The Morgan fingerprint density at radius 1 is 1.04 bits per heavy atom. The lowest BCUT2D eigenvalue weighted by molar-refractivity contribution is 0.235. The summed E-state index contributed by atoms with van der Waals surface area (Å²) in [5.74, 6) is -3.51. The van der Waals surface area contributed by atoms with Crippen molar-refractivity contribution in [3.05, 3.63) is 60.2 Å². The fourth-order valence-corrected chi connectivity index (χ4v) is 2.57. The monoisotopic (exact) mass is 340 g/mol. The summed E-state index contributed by atoms with van der Waals surface area (Å²) in [6.45, 7) is 0.279. The van der Waals surface area contributed by atoms with Crippen molar-refractivity contribution >= 4 is 21.6 Å². The highest BCUT2D eigenvalue weighted by molar-refractivity contribution is 7.91. The van der Waals surface area contributed by atoms with E-state index < -0.39 is 26.5 Å². The summed E-state index contributed by atoms with van der Waals surface area (Å²) >= 11 is 0. The number of hydrogen-bond acceptors (Lipinski definition) is 3. The number of urea groups is 1. The van der Waals surface area contributed by atoms with Crippen LogP contribution in [-0.4, -0.2) is 20.2 Å². The van der Waals surface area contributed by atoms with Crippen LogP contribution in [0.1, 0.15) is 5.56 Å². The van der Waals surface area contributed by atoms with Crippen molar-refractivity contribution in [3.63, 3.8) is 0 Å². The number of anilines is 1. The van der Waals surface area contributed by atoms with Crippen molar-refractivity contribution in [1.29, 1.82) is 0 Å². The van der Waals surface area contributed by atoms with Crippen molar-refractivity contribution in [3.8, 4) is 0 Å². The van der Waals surface area contributed by atoms with Gasteiger partial charge in [-0.1, -0.05) is 36.4 Å². The van der Waals surface area contributed by atoms with Crippen LogP contribution in [0.25, 0.3) is 0 Å². The molecule has 0 heterocycles. The molecule has 0 saturated carbocycles. The molecule has 0 aliphatic rings. The van der Waals surface area contributed by atoms with Gasteiger partial charge in [-0.25, -0.2) is 13.2 Å². The smallest absolute Gasteiger partial charge is 0.334 e. The molecule has 122 valence electrons. The van der Waals surface area contributed by atoms with Crippen LogP contribution in [0.15, 0.2) is 59.5 Å². The summed E-state index contributed by atoms with van der Waals surface area (Å²) in [6.07, 6.45) is 0. The molecular formula is C15H14F2N2O3S. The van der Waals surface area contributed by atoms with E-state index in [1.807, 2.05) is 30.3 Å². The molecule has 5 nitrogen and oxygen atoms in total. The van der Waals surface area contributed by atoms with E-state index in [4.69, 9.17) is 0 Å². The van der Waals surface area contributed by atoms with E-state index in [1.54, 1.807) is 0 Å². The second-order valence-electron chi connectivity index (χ2n) is 4.63. The fourth-order valence-electron chi connectivity index (χ4n) is 1.81. The molecule has 0 aromatic heterocycles. The number of alkyl halides is 2. The Labute approximate surface area is 132 Å². The zero-order valence-corrected chi connectivity index (χ0v) is 12.7. The summed E-state index contributed by atoms with van der Waals surface area (Å²) in [6, 6.07) is 13.3. The number of rotatable bonds is 5. The molecule has 0 aliphatic heterocycles. The Kier molecular flexibility index (Phi) is 5.28. The van der Waals surface area contributed by atoms with Gasteiger partial charge in [0.1, 0.15) is 0 Å². The molecule has 8 heteroatoms. The predicted molar refractivity (Wildman–Crippen MR) is 81.9 cm³/mol. The summed E-state index contributed by atoms with van der Waals surface area (Å²) in [4.78, 5) is 11.2. The highest BCUT2D eigenvalue weighted by Crippen LogP contribution is 2.21. The van der Waals surface area contributed by atoms with Crippen LogP contribution < -0.4 is 10.6 Å². The van der Waals surface area contributed by atoms with E-state index in [9.17, 15) is 22.0 Å². The van der Waals surface area contributed by atoms with Crippen molar-refractivity contribution in [2.45, 2.75) is 17.2 Å². The number of hydrogen-bond donors (Lipinski definition) is 2. The number of nitrogens with one attached hydrogen (secondary N) is 2. The maximum Gasteiger partial charge on any atom is 0.341 e. The third-order valence-electron chi connectivity index (χ3n) is 2.95. The Balaban J connectivity index is 2.02. The molecule has 0 unspecified atom stereocenters. The molecule has 2 rings (SSSR count). The van der Waals surface area contributed by atoms with Gasteiger partial charge < -0.3 is 10.6 Å². The van der Waals surface area contributed by atoms with Gasteiger partial charge in [0.25, 0.3) is 0 Å². The van der Waals surface area contributed by atoms with E-state index in [-0.39, 0.29) is 12.2 Å². The van der Waals surface area contributed by atoms with Crippen LogP contribution in [-0.2, 0) is 16.4 Å². The second kappa shape index (κ2) is 7.19. The quantitative estimate of drug-likeness (QED) is 0.878. The van der Waals surface area contributed by atoms with Crippen LogP contribution in [0.5, 0.6) is 0 Å². The van der Waals surface area contributed by atoms with Gasteiger partial charge >= 0.3 is 11.8 Å². The van der Waals surface area contributed by atoms with Crippen LogP contribution in [0.4, 0.5) is 19.3 Å². The number of carbonyl (C=O) groups excluding carboxylic acids is 1. The van der Waals surface area contributed by atoms with Gasteiger partial charge in [-0.15, -0.1) is 0 Å². The molecule has 0 bridgehead atoms. The third-order valence-corrected chi connectivity index (χ3v) is 4.33. The zero-order valence-electron chi connectivity index (χ0n) is 11.9. The number of sulfone groups is 1. The van der Waals surface area contributed by atoms with Gasteiger partial charge in [-0.05, 0) is 23.8 Å². The van der Waals surface area contributed by atoms with Gasteiger partial charge in [-0.2, -0.15) is 8.78 Å². The molecule has 0 spiro atoms. The lowest BCUT2D eigenvalue weighted by Gasteiger charge is -2.09. The lowest BCUT2D eigenvalue weighted by Crippen LogP contribution is -2.28. The van der Waals surface area contributed by atoms with E-state index in [0.29, 0.717) is 0 Å². The van der Waals surface area contributed by atoms with Gasteiger partial charge in [0, 0.05) is 12.2 Å². The predicted octanol–water partition coefficient (Wildman–Crippen LogP) is 3.00. The number of halogens is 2. The van der Waals surface area contributed by atoms with Crippen molar-refractivity contribution in [2.24, 2.45) is 0 Å². The standard InChI is InChI=1S/C15H14F2N2O3S/c16-14(17)23(21,22)13-8-4-7-12(9-13)19-15(20)18-10-11-5-2-1-3-6-11/h1-9,14H,10H2,(H2,18,19,20). The SMILES string of the molecule is O=C(NCc1ccccc1)Nc1cccc(S(=O)(=O)C(F)F)c1. The highest BCUT2D eigenvalue weighted by Gasteiger charge is 2.26. The minimum atomic E-state index is -4.70. The number of carbonyl (C=O) groups is 1. The second-order valence-corrected chi connectivity index (χ2v) is 6.54. The van der Waals surface area contributed by atoms with Crippen LogP contribution in [0.3, 0.4) is 0 Å². The first-order chi connectivity index (χ1) is 10.9. The molecule has 23 heavy (non-hydrogen) atoms. The maximum absolute atomic E-state index is 12.5. The molecule has 0 fully saturated rings. The molecule has 2 N–H and O–H groups in total. The van der Waals surface area contributed by atoms with Crippen molar-refractivity contribution in [2.75, 3.05) is 5.32 Å². The molecule has 2 aromatic carbocycles. The molecule has 0 radical (unpaired) electrons. The van der Waals surface area contributed by atoms with E-state index >= 15 is 0 Å². The highest BCUT2D eigenvalue weighted by atomic mass is 32.2. The third kappa shape index (κ3) is 4.49. The average molecular weight is 340 g/mol. The molecule has 2 aromatic rings. The summed E-state index contributed by atoms with van der Waals surface area (Å²) in [5, 5.41) is 4.98. The van der Waals surface area contributed by atoms with Crippen LogP contribution in [0.2, 0.25) is 0 Å². The van der Waals surface area contributed by atoms with Gasteiger partial charge in [0.15, 0.2) is 0 Å². The molecule has 0 atom stereocenters. The molecular weight excluding hydrogens is 326 g/mol. The Morgan fingerprint density at radius 2 is 1.74 bits per heavy atom. The average Bonchev–Trinajstić information content (AvgIpc) is 2.54. The van der Waals surface area contributed by atoms with E-state index in [2.05, 4.69) is 10.6 Å². The largest absolute Gasteiger partial charge is 0.341 e. The van der Waals surface area contributed by atoms with Gasteiger partial charge in [0.2, 0.25) is 9.84 Å². The summed E-state index contributed by atoms with van der Waals surface area (Å²) in [5.41, 5.74) is 0.994. The van der Waals surface area contributed by atoms with E-state index in [1.165, 1.54) is 12.1 Å². The lowest BCUT2D eigenvalue weighted by atomic mass is 10.2. The van der Waals surface area contributed by atoms with Crippen LogP contribution in [0, 0.1) is 0 Å². The minimum absolute atomic E-state index is 0.109. The first-order valence-electron chi connectivity index (χ1n) is 6.60. The van der Waals surface area contributed by atoms with Crippen molar-refractivity contribution < 1.29 is 22.0 Å².